The van der Waals surface area contributed by atoms with Crippen LogP contribution in [0.3, 0.4) is 0 Å². The average molecular weight is 482 g/mol. The molecule has 0 bridgehead atoms. The molecule has 35 heavy (non-hydrogen) atoms. The summed E-state index contributed by atoms with van der Waals surface area (Å²) in [6.45, 7) is 4.02. The molecule has 0 saturated carbocycles. The third-order valence-electron chi connectivity index (χ3n) is 7.49. The molecule has 0 aromatic heterocycles. The van der Waals surface area contributed by atoms with E-state index in [1.807, 2.05) is 12.1 Å². The molecule has 4 nitrogen and oxygen atoms in total. The lowest BCUT2D eigenvalue weighted by atomic mass is 9.91. The molecule has 2 aromatic rings. The van der Waals surface area contributed by atoms with E-state index in [1.54, 1.807) is 0 Å². The third-order valence-corrected chi connectivity index (χ3v) is 7.49. The monoisotopic (exact) mass is 481 g/mol. The maximum absolute atomic E-state index is 10.3. The lowest BCUT2D eigenvalue weighted by molar-refractivity contribution is 0.116. The standard InChI is InChI=1S/C31H47NO3/c1-2-3-4-5-6-7-8-9-16-22-31(26-34)30(35-31)29(21-23-33)32(24-27-17-12-10-13-18-27)25-28-19-14-11-15-20-28/h10-15,17-20,29-30,33-34H,2-9,16,21-26H2,1H3/t29-,30+,31+/m1/s1. The Kier molecular flexibility index (Phi) is 12.3. The minimum absolute atomic E-state index is 0.0406. The van der Waals surface area contributed by atoms with Gasteiger partial charge in [0.2, 0.25) is 0 Å². The molecule has 2 aromatic carbocycles. The highest BCUT2D eigenvalue weighted by atomic mass is 16.6. The highest BCUT2D eigenvalue weighted by Crippen LogP contribution is 2.45. The summed E-state index contributed by atoms with van der Waals surface area (Å²) in [6, 6.07) is 21.1. The molecule has 1 aliphatic rings. The molecule has 194 valence electrons. The minimum Gasteiger partial charge on any atom is -0.396 e. The number of aliphatic hydroxyl groups is 2. The zero-order valence-corrected chi connectivity index (χ0v) is 21.8. The van der Waals surface area contributed by atoms with Crippen molar-refractivity contribution in [3.63, 3.8) is 0 Å². The van der Waals surface area contributed by atoms with Gasteiger partial charge in [0.05, 0.1) is 6.61 Å². The Morgan fingerprint density at radius 2 is 1.29 bits per heavy atom. The molecule has 3 atom stereocenters. The van der Waals surface area contributed by atoms with Crippen LogP contribution in [0.2, 0.25) is 0 Å². The van der Waals surface area contributed by atoms with E-state index in [0.717, 1.165) is 25.9 Å². The number of unbranched alkanes of at least 4 members (excludes halogenated alkanes) is 8. The molecule has 4 heteroatoms. The summed E-state index contributed by atoms with van der Waals surface area (Å²) in [5.41, 5.74) is 2.05. The van der Waals surface area contributed by atoms with Gasteiger partial charge in [-0.15, -0.1) is 0 Å². The van der Waals surface area contributed by atoms with Crippen LogP contribution in [0.4, 0.5) is 0 Å². The maximum Gasteiger partial charge on any atom is 0.119 e. The maximum atomic E-state index is 10.3. The van der Waals surface area contributed by atoms with Gasteiger partial charge in [0, 0.05) is 25.7 Å². The average Bonchev–Trinajstić information content (AvgIpc) is 3.61. The van der Waals surface area contributed by atoms with Gasteiger partial charge in [-0.3, -0.25) is 4.90 Å². The van der Waals surface area contributed by atoms with Gasteiger partial charge in [0.25, 0.3) is 0 Å². The highest BCUT2D eigenvalue weighted by molar-refractivity contribution is 5.19. The molecule has 1 heterocycles. The van der Waals surface area contributed by atoms with Crippen LogP contribution < -0.4 is 0 Å². The van der Waals surface area contributed by atoms with Crippen LogP contribution in [0.15, 0.2) is 60.7 Å². The van der Waals surface area contributed by atoms with E-state index >= 15 is 0 Å². The van der Waals surface area contributed by atoms with Crippen molar-refractivity contribution in [1.82, 2.24) is 4.90 Å². The molecule has 1 fully saturated rings. The smallest absolute Gasteiger partial charge is 0.119 e. The molecule has 1 saturated heterocycles. The zero-order valence-electron chi connectivity index (χ0n) is 21.8. The second-order valence-electron chi connectivity index (χ2n) is 10.3. The van der Waals surface area contributed by atoms with Gasteiger partial charge >= 0.3 is 0 Å². The summed E-state index contributed by atoms with van der Waals surface area (Å²) in [5.74, 6) is 0. The van der Waals surface area contributed by atoms with Crippen molar-refractivity contribution in [2.75, 3.05) is 13.2 Å². The summed E-state index contributed by atoms with van der Waals surface area (Å²) in [5, 5.41) is 20.3. The normalized spacial score (nSPS) is 20.3. The van der Waals surface area contributed by atoms with E-state index in [9.17, 15) is 10.2 Å². The Hall–Kier alpha value is -1.72. The molecule has 0 radical (unpaired) electrons. The van der Waals surface area contributed by atoms with Gasteiger partial charge in [-0.2, -0.15) is 0 Å². The molecule has 3 rings (SSSR count). The van der Waals surface area contributed by atoms with Crippen LogP contribution in [0.1, 0.15) is 88.7 Å². The zero-order chi connectivity index (χ0) is 24.8. The Bertz CT molecular complexity index is 758. The Balaban J connectivity index is 1.58. The second kappa shape index (κ2) is 15.4. The molecule has 0 spiro atoms. The van der Waals surface area contributed by atoms with E-state index < -0.39 is 5.60 Å². The topological polar surface area (TPSA) is 56.2 Å². The molecule has 0 amide bonds. The number of hydrogen-bond acceptors (Lipinski definition) is 4. The van der Waals surface area contributed by atoms with Gasteiger partial charge < -0.3 is 14.9 Å². The number of ether oxygens (including phenoxy) is 1. The molecular weight excluding hydrogens is 434 g/mol. The SMILES string of the molecule is CCCCCCCCCCC[C@@]1(CO)O[C@H]1[C@@H](CCO)N(Cc1ccccc1)Cc1ccccc1. The third kappa shape index (κ3) is 9.02. The van der Waals surface area contributed by atoms with Crippen LogP contribution in [0, 0.1) is 0 Å². The van der Waals surface area contributed by atoms with Crippen LogP contribution in [-0.4, -0.2) is 46.1 Å². The van der Waals surface area contributed by atoms with Crippen LogP contribution in [-0.2, 0) is 17.8 Å². The first kappa shape index (κ1) is 27.9. The van der Waals surface area contributed by atoms with Crippen molar-refractivity contribution < 1.29 is 14.9 Å². The molecule has 0 aliphatic carbocycles. The first-order valence-corrected chi connectivity index (χ1v) is 13.9. The van der Waals surface area contributed by atoms with Crippen molar-refractivity contribution in [1.29, 1.82) is 0 Å². The predicted molar refractivity (Wildman–Crippen MR) is 144 cm³/mol. The van der Waals surface area contributed by atoms with Gasteiger partial charge in [-0.25, -0.2) is 0 Å². The van der Waals surface area contributed by atoms with Gasteiger partial charge in [-0.1, -0.05) is 125 Å². The first-order chi connectivity index (χ1) is 17.2. The Morgan fingerprint density at radius 1 is 0.771 bits per heavy atom. The van der Waals surface area contributed by atoms with Crippen molar-refractivity contribution >= 4 is 0 Å². The number of aliphatic hydroxyl groups excluding tert-OH is 2. The van der Waals surface area contributed by atoms with Crippen molar-refractivity contribution in [2.45, 2.75) is 108 Å². The van der Waals surface area contributed by atoms with E-state index in [1.165, 1.54) is 62.5 Å². The Morgan fingerprint density at radius 3 is 1.77 bits per heavy atom. The number of nitrogens with zero attached hydrogens (tertiary/aromatic N) is 1. The van der Waals surface area contributed by atoms with Gasteiger partial charge in [0.15, 0.2) is 0 Å². The fourth-order valence-corrected chi connectivity index (χ4v) is 5.37. The number of rotatable bonds is 19. The van der Waals surface area contributed by atoms with Crippen LogP contribution in [0.25, 0.3) is 0 Å². The lowest BCUT2D eigenvalue weighted by Crippen LogP contribution is -2.42. The van der Waals surface area contributed by atoms with E-state index in [4.69, 9.17) is 4.74 Å². The predicted octanol–water partition coefficient (Wildman–Crippen LogP) is 6.49. The first-order valence-electron chi connectivity index (χ1n) is 13.9. The minimum atomic E-state index is -0.452. The van der Waals surface area contributed by atoms with Crippen molar-refractivity contribution in [2.24, 2.45) is 0 Å². The summed E-state index contributed by atoms with van der Waals surface area (Å²) in [4.78, 5) is 2.43. The molecule has 1 aliphatic heterocycles. The quantitative estimate of drug-likeness (QED) is 0.178. The van der Waals surface area contributed by atoms with Crippen LogP contribution >= 0.6 is 0 Å². The summed E-state index contributed by atoms with van der Waals surface area (Å²) >= 11 is 0. The van der Waals surface area contributed by atoms with E-state index in [-0.39, 0.29) is 25.4 Å². The fraction of sp³-hybridized carbons (Fsp3) is 0.613. The number of hydrogen-bond donors (Lipinski definition) is 2. The van der Waals surface area contributed by atoms with Crippen molar-refractivity contribution in [3.8, 4) is 0 Å². The Labute approximate surface area is 213 Å². The van der Waals surface area contributed by atoms with Gasteiger partial charge in [0.1, 0.15) is 11.7 Å². The second-order valence-corrected chi connectivity index (χ2v) is 10.3. The van der Waals surface area contributed by atoms with E-state index in [0.29, 0.717) is 6.42 Å². The van der Waals surface area contributed by atoms with E-state index in [2.05, 4.69) is 60.4 Å². The highest BCUT2D eigenvalue weighted by Gasteiger charge is 2.59. The molecular formula is C31H47NO3. The van der Waals surface area contributed by atoms with Crippen LogP contribution in [0.5, 0.6) is 0 Å². The fourth-order valence-electron chi connectivity index (χ4n) is 5.37. The van der Waals surface area contributed by atoms with Crippen molar-refractivity contribution in [3.05, 3.63) is 71.8 Å². The molecule has 0 unspecified atom stereocenters. The van der Waals surface area contributed by atoms with Gasteiger partial charge in [-0.05, 0) is 24.0 Å². The number of benzene rings is 2. The largest absolute Gasteiger partial charge is 0.396 e. The lowest BCUT2D eigenvalue weighted by Gasteiger charge is -2.32. The summed E-state index contributed by atoms with van der Waals surface area (Å²) in [6.07, 6.45) is 13.1. The summed E-state index contributed by atoms with van der Waals surface area (Å²) in [7, 11) is 0. The molecule has 2 N–H and O–H groups in total. The number of epoxide rings is 1. The summed E-state index contributed by atoms with van der Waals surface area (Å²) < 4.78 is 6.29.